The first-order valence-corrected chi connectivity index (χ1v) is 13.4. The summed E-state index contributed by atoms with van der Waals surface area (Å²) in [6.07, 6.45) is 18.9. The van der Waals surface area contributed by atoms with Gasteiger partial charge in [-0.1, -0.05) is 31.1 Å². The molecular formula is C29H40O2. The SMILES string of the molecule is C=CC1C(/C=C\C)C(=O)C2CC3CCC4CC5C(=O)C6CCCCC6C5CC4C3CC21. The molecule has 6 aliphatic carbocycles. The first kappa shape index (κ1) is 20.4. The van der Waals surface area contributed by atoms with Gasteiger partial charge in [-0.05, 0) is 106 Å². The van der Waals surface area contributed by atoms with E-state index >= 15 is 0 Å². The normalized spacial score (nSPS) is 53.5. The fraction of sp³-hybridized carbons (Fsp3) is 0.793. The van der Waals surface area contributed by atoms with E-state index < -0.39 is 0 Å². The highest BCUT2D eigenvalue weighted by Gasteiger charge is 2.59. The van der Waals surface area contributed by atoms with Crippen LogP contribution in [0.3, 0.4) is 0 Å². The molecule has 0 aromatic heterocycles. The smallest absolute Gasteiger partial charge is 0.143 e. The molecule has 0 radical (unpaired) electrons. The number of fused-ring (bicyclic) bond motifs is 7. The van der Waals surface area contributed by atoms with Crippen molar-refractivity contribution in [2.24, 2.45) is 71.0 Å². The van der Waals surface area contributed by atoms with E-state index in [-0.39, 0.29) is 11.8 Å². The lowest BCUT2D eigenvalue weighted by Gasteiger charge is -2.53. The van der Waals surface area contributed by atoms with Crippen molar-refractivity contribution < 1.29 is 9.59 Å². The van der Waals surface area contributed by atoms with E-state index in [0.717, 1.165) is 30.1 Å². The molecule has 0 aliphatic heterocycles. The van der Waals surface area contributed by atoms with Crippen LogP contribution in [0, 0.1) is 71.0 Å². The Bertz CT molecular complexity index is 795. The van der Waals surface area contributed by atoms with Gasteiger partial charge in [-0.3, -0.25) is 9.59 Å². The molecule has 6 aliphatic rings. The van der Waals surface area contributed by atoms with Gasteiger partial charge in [0.05, 0.1) is 0 Å². The molecule has 6 rings (SSSR count). The highest BCUT2D eigenvalue weighted by Crippen LogP contribution is 2.63. The maximum Gasteiger partial charge on any atom is 0.143 e. The third-order valence-electron chi connectivity index (χ3n) is 11.3. The van der Waals surface area contributed by atoms with E-state index in [9.17, 15) is 9.59 Å². The highest BCUT2D eigenvalue weighted by atomic mass is 16.1. The Morgan fingerprint density at radius 2 is 1.35 bits per heavy atom. The molecule has 12 atom stereocenters. The van der Waals surface area contributed by atoms with Gasteiger partial charge in [0.15, 0.2) is 0 Å². The lowest BCUT2D eigenvalue weighted by molar-refractivity contribution is -0.129. The molecule has 2 nitrogen and oxygen atoms in total. The number of carbonyl (C=O) groups excluding carboxylic acids is 2. The summed E-state index contributed by atoms with van der Waals surface area (Å²) in [4.78, 5) is 26.5. The third-order valence-corrected chi connectivity index (χ3v) is 11.3. The van der Waals surface area contributed by atoms with E-state index in [2.05, 4.69) is 24.8 Å². The average Bonchev–Trinajstić information content (AvgIpc) is 3.22. The minimum Gasteiger partial charge on any atom is -0.299 e. The molecule has 168 valence electrons. The first-order valence-electron chi connectivity index (χ1n) is 13.4. The molecule has 6 saturated carbocycles. The van der Waals surface area contributed by atoms with Crippen LogP contribution in [0.2, 0.25) is 0 Å². The number of hydrogen-bond donors (Lipinski definition) is 0. The van der Waals surface area contributed by atoms with Gasteiger partial charge in [-0.2, -0.15) is 0 Å². The number of Topliss-reactive ketones (excluding diaryl/α,β-unsaturated/α-hetero) is 2. The molecule has 0 spiro atoms. The summed E-state index contributed by atoms with van der Waals surface area (Å²) in [5.41, 5.74) is 0. The summed E-state index contributed by atoms with van der Waals surface area (Å²) in [5, 5.41) is 0. The summed E-state index contributed by atoms with van der Waals surface area (Å²) in [5.74, 6) is 7.69. The Morgan fingerprint density at radius 3 is 2.03 bits per heavy atom. The largest absolute Gasteiger partial charge is 0.299 e. The number of rotatable bonds is 2. The Hall–Kier alpha value is -1.18. The molecule has 0 N–H and O–H groups in total. The zero-order chi connectivity index (χ0) is 21.3. The second-order valence-corrected chi connectivity index (χ2v) is 12.1. The van der Waals surface area contributed by atoms with Crippen molar-refractivity contribution in [1.29, 1.82) is 0 Å². The van der Waals surface area contributed by atoms with Crippen LogP contribution in [0.4, 0.5) is 0 Å². The van der Waals surface area contributed by atoms with E-state index in [0.29, 0.717) is 47.1 Å². The van der Waals surface area contributed by atoms with E-state index in [1.807, 2.05) is 6.92 Å². The van der Waals surface area contributed by atoms with Crippen molar-refractivity contribution in [3.63, 3.8) is 0 Å². The second kappa shape index (κ2) is 7.70. The maximum absolute atomic E-state index is 13.3. The molecule has 0 amide bonds. The minimum absolute atomic E-state index is 0.0691. The van der Waals surface area contributed by atoms with Gasteiger partial charge < -0.3 is 0 Å². The third kappa shape index (κ3) is 2.95. The molecule has 0 aromatic rings. The standard InChI is InChI=1S/C29H40O2/c1-3-7-20-18(4-2)24-14-22-16(12-26(24)28(20)30)10-11-17-13-27-25(15-23(17)22)19-8-5-6-9-21(19)29(27)31/h3-4,7,16-27H,2,5-6,8-15H2,1H3/b7-3-. The minimum atomic E-state index is 0.0691. The molecule has 0 aromatic carbocycles. The summed E-state index contributed by atoms with van der Waals surface area (Å²) in [7, 11) is 0. The van der Waals surface area contributed by atoms with Gasteiger partial charge in [-0.15, -0.1) is 6.58 Å². The fourth-order valence-electron chi connectivity index (χ4n) is 10.1. The van der Waals surface area contributed by atoms with Gasteiger partial charge in [0.2, 0.25) is 0 Å². The van der Waals surface area contributed by atoms with Crippen molar-refractivity contribution in [3.8, 4) is 0 Å². The fourth-order valence-corrected chi connectivity index (χ4v) is 10.1. The molecular weight excluding hydrogens is 380 g/mol. The summed E-state index contributed by atoms with van der Waals surface area (Å²) >= 11 is 0. The van der Waals surface area contributed by atoms with Gasteiger partial charge in [0, 0.05) is 23.7 Å². The van der Waals surface area contributed by atoms with Crippen LogP contribution in [0.1, 0.15) is 71.1 Å². The zero-order valence-electron chi connectivity index (χ0n) is 19.3. The number of allylic oxidation sites excluding steroid dienone is 3. The summed E-state index contributed by atoms with van der Waals surface area (Å²) in [6, 6.07) is 0. The highest BCUT2D eigenvalue weighted by molar-refractivity contribution is 5.88. The maximum atomic E-state index is 13.3. The second-order valence-electron chi connectivity index (χ2n) is 12.1. The van der Waals surface area contributed by atoms with Crippen LogP contribution < -0.4 is 0 Å². The summed E-state index contributed by atoms with van der Waals surface area (Å²) in [6.45, 7) is 6.20. The molecule has 6 fully saturated rings. The van der Waals surface area contributed by atoms with Crippen LogP contribution in [-0.2, 0) is 9.59 Å². The number of carbonyl (C=O) groups is 2. The van der Waals surface area contributed by atoms with E-state index in [1.165, 1.54) is 57.8 Å². The Kier molecular flexibility index (Phi) is 5.07. The molecule has 0 saturated heterocycles. The van der Waals surface area contributed by atoms with Crippen LogP contribution in [-0.4, -0.2) is 11.6 Å². The average molecular weight is 421 g/mol. The lowest BCUT2D eigenvalue weighted by Crippen LogP contribution is -2.46. The van der Waals surface area contributed by atoms with E-state index in [1.54, 1.807) is 0 Å². The Morgan fingerprint density at radius 1 is 0.710 bits per heavy atom. The van der Waals surface area contributed by atoms with E-state index in [4.69, 9.17) is 0 Å². The van der Waals surface area contributed by atoms with Crippen molar-refractivity contribution >= 4 is 11.6 Å². The molecule has 0 heterocycles. The van der Waals surface area contributed by atoms with Crippen molar-refractivity contribution in [3.05, 3.63) is 24.8 Å². The van der Waals surface area contributed by atoms with Crippen molar-refractivity contribution in [2.45, 2.75) is 71.1 Å². The molecule has 12 unspecified atom stereocenters. The van der Waals surface area contributed by atoms with Crippen LogP contribution in [0.5, 0.6) is 0 Å². The molecule has 2 heteroatoms. The van der Waals surface area contributed by atoms with Crippen LogP contribution >= 0.6 is 0 Å². The van der Waals surface area contributed by atoms with Crippen LogP contribution in [0.15, 0.2) is 24.8 Å². The predicted octanol–water partition coefficient (Wildman–Crippen LogP) is 6.26. The first-order chi connectivity index (χ1) is 15.1. The van der Waals surface area contributed by atoms with Gasteiger partial charge in [0.25, 0.3) is 0 Å². The topological polar surface area (TPSA) is 34.1 Å². The lowest BCUT2D eigenvalue weighted by atomic mass is 9.51. The monoisotopic (exact) mass is 420 g/mol. The predicted molar refractivity (Wildman–Crippen MR) is 123 cm³/mol. The van der Waals surface area contributed by atoms with Gasteiger partial charge in [-0.25, -0.2) is 0 Å². The Balaban J connectivity index is 1.26. The zero-order valence-corrected chi connectivity index (χ0v) is 19.3. The quantitative estimate of drug-likeness (QED) is 0.494. The molecule has 0 bridgehead atoms. The summed E-state index contributed by atoms with van der Waals surface area (Å²) < 4.78 is 0. The molecule has 31 heavy (non-hydrogen) atoms. The number of hydrogen-bond acceptors (Lipinski definition) is 2. The van der Waals surface area contributed by atoms with Gasteiger partial charge >= 0.3 is 0 Å². The van der Waals surface area contributed by atoms with Crippen LogP contribution in [0.25, 0.3) is 0 Å². The van der Waals surface area contributed by atoms with Crippen molar-refractivity contribution in [1.82, 2.24) is 0 Å². The number of ketones is 2. The van der Waals surface area contributed by atoms with Gasteiger partial charge in [0.1, 0.15) is 11.6 Å². The van der Waals surface area contributed by atoms with Crippen molar-refractivity contribution in [2.75, 3.05) is 0 Å². The Labute approximate surface area is 188 Å².